The smallest absolute Gasteiger partial charge is 0.252 e. The van der Waals surface area contributed by atoms with E-state index in [1.165, 1.54) is 6.42 Å². The molecule has 1 unspecified atom stereocenters. The zero-order valence-electron chi connectivity index (χ0n) is 16.5. The maximum absolute atomic E-state index is 12.1. The quantitative estimate of drug-likeness (QED) is 0.700. The lowest BCUT2D eigenvalue weighted by atomic mass is 9.87. The van der Waals surface area contributed by atoms with Gasteiger partial charge in [-0.25, -0.2) is 4.52 Å². The van der Waals surface area contributed by atoms with Crippen LogP contribution in [0.15, 0.2) is 42.7 Å². The lowest BCUT2D eigenvalue weighted by molar-refractivity contribution is 0.100. The number of primary amides is 1. The van der Waals surface area contributed by atoms with Crippen molar-refractivity contribution in [3.05, 3.63) is 48.3 Å². The van der Waals surface area contributed by atoms with Gasteiger partial charge in [-0.2, -0.15) is 5.10 Å². The van der Waals surface area contributed by atoms with Gasteiger partial charge in [0.15, 0.2) is 0 Å². The van der Waals surface area contributed by atoms with Crippen LogP contribution in [0.25, 0.3) is 16.6 Å². The third-order valence-corrected chi connectivity index (χ3v) is 5.90. The van der Waals surface area contributed by atoms with Crippen LogP contribution in [0.3, 0.4) is 0 Å². The molecule has 1 aromatic carbocycles. The first kappa shape index (κ1) is 18.3. The molecule has 0 bridgehead atoms. The SMILES string of the molecule is COc1ccc(-c2cc3c(NC4CCCC4(C)C)c(C(N)=O)cnn3c2)cc1. The van der Waals surface area contributed by atoms with Gasteiger partial charge in [0, 0.05) is 17.8 Å². The van der Waals surface area contributed by atoms with Gasteiger partial charge < -0.3 is 15.8 Å². The van der Waals surface area contributed by atoms with Gasteiger partial charge in [-0.05, 0) is 42.0 Å². The van der Waals surface area contributed by atoms with Crippen LogP contribution in [0.4, 0.5) is 5.69 Å². The van der Waals surface area contributed by atoms with Crippen molar-refractivity contribution in [3.8, 4) is 16.9 Å². The molecule has 1 aliphatic carbocycles. The molecule has 1 amide bonds. The van der Waals surface area contributed by atoms with Gasteiger partial charge >= 0.3 is 0 Å². The fourth-order valence-electron chi connectivity index (χ4n) is 4.11. The number of hydrogen-bond donors (Lipinski definition) is 2. The minimum atomic E-state index is -0.472. The number of ether oxygens (including phenoxy) is 1. The summed E-state index contributed by atoms with van der Waals surface area (Å²) in [5.41, 5.74) is 9.94. The number of aromatic nitrogens is 2. The van der Waals surface area contributed by atoms with Crippen LogP contribution in [-0.4, -0.2) is 28.7 Å². The van der Waals surface area contributed by atoms with E-state index in [0.717, 1.165) is 40.9 Å². The highest BCUT2D eigenvalue weighted by atomic mass is 16.5. The van der Waals surface area contributed by atoms with E-state index in [1.807, 2.05) is 36.5 Å². The molecule has 3 N–H and O–H groups in total. The second-order valence-electron chi connectivity index (χ2n) is 8.16. The Morgan fingerprint density at radius 1 is 1.29 bits per heavy atom. The Kier molecular flexibility index (Phi) is 4.49. The minimum absolute atomic E-state index is 0.167. The summed E-state index contributed by atoms with van der Waals surface area (Å²) in [6, 6.07) is 10.2. The zero-order chi connectivity index (χ0) is 19.9. The van der Waals surface area contributed by atoms with E-state index >= 15 is 0 Å². The number of nitrogens with zero attached hydrogens (tertiary/aromatic N) is 2. The number of hydrogen-bond acceptors (Lipinski definition) is 4. The Balaban J connectivity index is 1.80. The molecule has 2 aromatic heterocycles. The molecule has 1 saturated carbocycles. The summed E-state index contributed by atoms with van der Waals surface area (Å²) in [6.45, 7) is 4.53. The Labute approximate surface area is 164 Å². The third-order valence-electron chi connectivity index (χ3n) is 5.90. The minimum Gasteiger partial charge on any atom is -0.497 e. The van der Waals surface area contributed by atoms with Crippen molar-refractivity contribution in [3.63, 3.8) is 0 Å². The first-order valence-corrected chi connectivity index (χ1v) is 9.61. The summed E-state index contributed by atoms with van der Waals surface area (Å²) in [7, 11) is 1.65. The van der Waals surface area contributed by atoms with Gasteiger partial charge in [0.25, 0.3) is 5.91 Å². The lowest BCUT2D eigenvalue weighted by Gasteiger charge is -2.29. The van der Waals surface area contributed by atoms with Gasteiger partial charge in [-0.15, -0.1) is 0 Å². The van der Waals surface area contributed by atoms with Crippen LogP contribution < -0.4 is 15.8 Å². The molecule has 0 radical (unpaired) electrons. The van der Waals surface area contributed by atoms with Gasteiger partial charge in [-0.3, -0.25) is 4.79 Å². The molecule has 6 nitrogen and oxygen atoms in total. The zero-order valence-corrected chi connectivity index (χ0v) is 16.5. The third kappa shape index (κ3) is 3.19. The van der Waals surface area contributed by atoms with Crippen LogP contribution in [-0.2, 0) is 0 Å². The van der Waals surface area contributed by atoms with E-state index in [2.05, 4.69) is 24.3 Å². The monoisotopic (exact) mass is 378 g/mol. The highest BCUT2D eigenvalue weighted by molar-refractivity contribution is 6.02. The number of nitrogens with one attached hydrogen (secondary N) is 1. The Bertz CT molecular complexity index is 1020. The number of amides is 1. The topological polar surface area (TPSA) is 81.6 Å². The van der Waals surface area contributed by atoms with Crippen molar-refractivity contribution in [1.82, 2.24) is 9.61 Å². The van der Waals surface area contributed by atoms with Crippen molar-refractivity contribution < 1.29 is 9.53 Å². The number of rotatable bonds is 5. The van der Waals surface area contributed by atoms with E-state index in [1.54, 1.807) is 17.8 Å². The Morgan fingerprint density at radius 3 is 2.64 bits per heavy atom. The van der Waals surface area contributed by atoms with Crippen LogP contribution in [0.2, 0.25) is 0 Å². The average molecular weight is 378 g/mol. The summed E-state index contributed by atoms with van der Waals surface area (Å²) in [5.74, 6) is 0.341. The standard InChI is InChI=1S/C22H26N4O2/c1-22(2)10-4-5-19(22)25-20-17(21(23)27)12-24-26-13-15(11-18(20)26)14-6-8-16(28-3)9-7-14/h6-9,11-13,19,25H,4-5,10H2,1-3H3,(H2,23,27). The number of nitrogens with two attached hydrogens (primary N) is 1. The highest BCUT2D eigenvalue weighted by Gasteiger charge is 2.35. The molecule has 28 heavy (non-hydrogen) atoms. The Morgan fingerprint density at radius 2 is 2.04 bits per heavy atom. The largest absolute Gasteiger partial charge is 0.497 e. The molecule has 1 fully saturated rings. The molecule has 146 valence electrons. The van der Waals surface area contributed by atoms with Crippen molar-refractivity contribution in [2.24, 2.45) is 11.1 Å². The predicted molar refractivity (Wildman–Crippen MR) is 111 cm³/mol. The molecule has 0 saturated heterocycles. The molecule has 2 heterocycles. The van der Waals surface area contributed by atoms with Gasteiger partial charge in [-0.1, -0.05) is 32.4 Å². The van der Waals surface area contributed by atoms with Crippen molar-refractivity contribution in [2.45, 2.75) is 39.2 Å². The molecule has 6 heteroatoms. The molecule has 4 rings (SSSR count). The molecule has 0 spiro atoms. The summed E-state index contributed by atoms with van der Waals surface area (Å²) in [5, 5.41) is 8.03. The molecule has 1 atom stereocenters. The van der Waals surface area contributed by atoms with E-state index in [4.69, 9.17) is 10.5 Å². The van der Waals surface area contributed by atoms with Crippen LogP contribution in [0.5, 0.6) is 5.75 Å². The average Bonchev–Trinajstić information content (AvgIpc) is 3.25. The summed E-state index contributed by atoms with van der Waals surface area (Å²) in [6.07, 6.45) is 6.93. The number of carbonyl (C=O) groups excluding carboxylic acids is 1. The molecule has 3 aromatic rings. The van der Waals surface area contributed by atoms with Gasteiger partial charge in [0.1, 0.15) is 5.75 Å². The number of carbonyl (C=O) groups is 1. The van der Waals surface area contributed by atoms with Gasteiger partial charge in [0.2, 0.25) is 0 Å². The van der Waals surface area contributed by atoms with E-state index in [9.17, 15) is 4.79 Å². The van der Waals surface area contributed by atoms with E-state index < -0.39 is 5.91 Å². The summed E-state index contributed by atoms with van der Waals surface area (Å²) < 4.78 is 7.04. The number of methoxy groups -OCH3 is 1. The van der Waals surface area contributed by atoms with Crippen molar-refractivity contribution in [1.29, 1.82) is 0 Å². The van der Waals surface area contributed by atoms with Crippen LogP contribution in [0.1, 0.15) is 43.5 Å². The maximum Gasteiger partial charge on any atom is 0.252 e. The second kappa shape index (κ2) is 6.86. The fourth-order valence-corrected chi connectivity index (χ4v) is 4.11. The van der Waals surface area contributed by atoms with Crippen molar-refractivity contribution in [2.75, 3.05) is 12.4 Å². The number of fused-ring (bicyclic) bond motifs is 1. The highest BCUT2D eigenvalue weighted by Crippen LogP contribution is 2.40. The molecule has 0 aliphatic heterocycles. The first-order valence-electron chi connectivity index (χ1n) is 9.61. The summed E-state index contributed by atoms with van der Waals surface area (Å²) in [4.78, 5) is 12.1. The van der Waals surface area contributed by atoms with Crippen molar-refractivity contribution >= 4 is 17.1 Å². The summed E-state index contributed by atoms with van der Waals surface area (Å²) >= 11 is 0. The fraction of sp³-hybridized carbons (Fsp3) is 0.364. The molecular weight excluding hydrogens is 352 g/mol. The normalized spacial score (nSPS) is 18.3. The van der Waals surface area contributed by atoms with Crippen LogP contribution in [0, 0.1) is 5.41 Å². The predicted octanol–water partition coefficient (Wildman–Crippen LogP) is 4.10. The maximum atomic E-state index is 12.1. The first-order chi connectivity index (χ1) is 13.4. The van der Waals surface area contributed by atoms with Crippen LogP contribution >= 0.6 is 0 Å². The van der Waals surface area contributed by atoms with Gasteiger partial charge in [0.05, 0.1) is 30.1 Å². The number of anilines is 1. The second-order valence-corrected chi connectivity index (χ2v) is 8.16. The van der Waals surface area contributed by atoms with E-state index in [-0.39, 0.29) is 11.5 Å². The van der Waals surface area contributed by atoms with E-state index in [0.29, 0.717) is 5.56 Å². The number of benzene rings is 1. The molecular formula is C22H26N4O2. The Hall–Kier alpha value is -3.02. The lowest BCUT2D eigenvalue weighted by Crippen LogP contribution is -2.32. The molecule has 1 aliphatic rings.